The Hall–Kier alpha value is -2.63. The summed E-state index contributed by atoms with van der Waals surface area (Å²) in [5.74, 6) is 0.0412. The van der Waals surface area contributed by atoms with E-state index in [1.165, 1.54) is 12.4 Å². The minimum absolute atomic E-state index is 0.276. The summed E-state index contributed by atoms with van der Waals surface area (Å²) >= 11 is 12.1. The van der Waals surface area contributed by atoms with Crippen molar-refractivity contribution in [1.82, 2.24) is 9.97 Å². The summed E-state index contributed by atoms with van der Waals surface area (Å²) in [6, 6.07) is 10.9. The molecule has 0 radical (unpaired) electrons. The van der Waals surface area contributed by atoms with Crippen LogP contribution in [0, 0.1) is 13.8 Å². The number of carbonyl (C=O) groups is 1. The predicted octanol–water partition coefficient (Wildman–Crippen LogP) is 5.40. The van der Waals surface area contributed by atoms with E-state index in [1.54, 1.807) is 18.2 Å². The maximum absolute atomic E-state index is 12.4. The first kappa shape index (κ1) is 18.2. The molecule has 0 unspecified atom stereocenters. The standard InChI is InChI=1S/C19H16Cl2N4O/c1-11-5-12(2)7-15(6-11)24-18(26)13-9-22-19(23-10-13)25-17-8-14(20)3-4-16(17)21/h3-10H,1-2H3,(H,24,26)(H,22,23,25). The lowest BCUT2D eigenvalue weighted by atomic mass is 10.1. The van der Waals surface area contributed by atoms with Crippen LogP contribution in [0.2, 0.25) is 10.0 Å². The highest BCUT2D eigenvalue weighted by Gasteiger charge is 2.09. The van der Waals surface area contributed by atoms with Crippen molar-refractivity contribution in [3.8, 4) is 0 Å². The zero-order valence-corrected chi connectivity index (χ0v) is 15.7. The van der Waals surface area contributed by atoms with Gasteiger partial charge in [0.05, 0.1) is 16.3 Å². The molecule has 1 amide bonds. The van der Waals surface area contributed by atoms with Crippen molar-refractivity contribution < 1.29 is 4.79 Å². The van der Waals surface area contributed by atoms with Crippen LogP contribution in [0.1, 0.15) is 21.5 Å². The van der Waals surface area contributed by atoms with Gasteiger partial charge >= 0.3 is 0 Å². The fourth-order valence-corrected chi connectivity index (χ4v) is 2.81. The maximum atomic E-state index is 12.4. The van der Waals surface area contributed by atoms with E-state index in [2.05, 4.69) is 20.6 Å². The number of amides is 1. The van der Waals surface area contributed by atoms with E-state index >= 15 is 0 Å². The van der Waals surface area contributed by atoms with Crippen molar-refractivity contribution in [1.29, 1.82) is 0 Å². The van der Waals surface area contributed by atoms with Gasteiger partial charge in [0.15, 0.2) is 0 Å². The molecule has 2 N–H and O–H groups in total. The van der Waals surface area contributed by atoms with Crippen LogP contribution in [-0.4, -0.2) is 15.9 Å². The SMILES string of the molecule is Cc1cc(C)cc(NC(=O)c2cnc(Nc3cc(Cl)ccc3Cl)nc2)c1. The zero-order valence-electron chi connectivity index (χ0n) is 14.2. The van der Waals surface area contributed by atoms with Crippen molar-refractivity contribution in [2.75, 3.05) is 10.6 Å². The molecule has 3 aromatic rings. The van der Waals surface area contributed by atoms with E-state index in [0.29, 0.717) is 27.2 Å². The number of aryl methyl sites for hydroxylation is 2. The van der Waals surface area contributed by atoms with Gasteiger partial charge in [-0.15, -0.1) is 0 Å². The lowest BCUT2D eigenvalue weighted by Gasteiger charge is -2.09. The van der Waals surface area contributed by atoms with E-state index in [-0.39, 0.29) is 5.91 Å². The molecule has 0 aliphatic carbocycles. The van der Waals surface area contributed by atoms with Crippen molar-refractivity contribution in [2.24, 2.45) is 0 Å². The first-order chi connectivity index (χ1) is 12.4. The van der Waals surface area contributed by atoms with Gasteiger partial charge in [-0.05, 0) is 55.3 Å². The quantitative estimate of drug-likeness (QED) is 0.629. The number of aromatic nitrogens is 2. The Morgan fingerprint density at radius 2 is 1.62 bits per heavy atom. The molecule has 2 aromatic carbocycles. The maximum Gasteiger partial charge on any atom is 0.258 e. The van der Waals surface area contributed by atoms with Crippen LogP contribution < -0.4 is 10.6 Å². The van der Waals surface area contributed by atoms with E-state index in [0.717, 1.165) is 16.8 Å². The first-order valence-corrected chi connectivity index (χ1v) is 8.60. The van der Waals surface area contributed by atoms with Crippen LogP contribution in [-0.2, 0) is 0 Å². The number of rotatable bonds is 4. The normalized spacial score (nSPS) is 10.5. The molecular formula is C19H16Cl2N4O. The molecule has 7 heteroatoms. The molecule has 3 rings (SSSR count). The predicted molar refractivity (Wildman–Crippen MR) is 106 cm³/mol. The molecule has 0 atom stereocenters. The van der Waals surface area contributed by atoms with Crippen molar-refractivity contribution >= 4 is 46.4 Å². The van der Waals surface area contributed by atoms with Crippen LogP contribution in [0.3, 0.4) is 0 Å². The fraction of sp³-hybridized carbons (Fsp3) is 0.105. The molecule has 0 saturated heterocycles. The van der Waals surface area contributed by atoms with Crippen LogP contribution in [0.4, 0.5) is 17.3 Å². The Balaban J connectivity index is 1.72. The summed E-state index contributed by atoms with van der Waals surface area (Å²) in [6.07, 6.45) is 2.90. The van der Waals surface area contributed by atoms with E-state index < -0.39 is 0 Å². The number of hydrogen-bond acceptors (Lipinski definition) is 4. The van der Waals surface area contributed by atoms with E-state index in [1.807, 2.05) is 32.0 Å². The number of nitrogens with one attached hydrogen (secondary N) is 2. The summed E-state index contributed by atoms with van der Waals surface area (Å²) in [6.45, 7) is 3.96. The van der Waals surface area contributed by atoms with Gasteiger partial charge < -0.3 is 10.6 Å². The molecule has 0 spiro atoms. The van der Waals surface area contributed by atoms with Gasteiger partial charge in [0, 0.05) is 23.1 Å². The van der Waals surface area contributed by atoms with Gasteiger partial charge in [0.2, 0.25) is 5.95 Å². The average Bonchev–Trinajstić information content (AvgIpc) is 2.58. The van der Waals surface area contributed by atoms with Gasteiger partial charge in [-0.3, -0.25) is 4.79 Å². The monoisotopic (exact) mass is 386 g/mol. The minimum Gasteiger partial charge on any atom is -0.323 e. The molecule has 5 nitrogen and oxygen atoms in total. The third kappa shape index (κ3) is 4.50. The molecular weight excluding hydrogens is 371 g/mol. The summed E-state index contributed by atoms with van der Waals surface area (Å²) < 4.78 is 0. The lowest BCUT2D eigenvalue weighted by molar-refractivity contribution is 0.102. The van der Waals surface area contributed by atoms with Crippen LogP contribution >= 0.6 is 23.2 Å². The zero-order chi connectivity index (χ0) is 18.7. The molecule has 1 aromatic heterocycles. The van der Waals surface area contributed by atoms with Gasteiger partial charge in [0.25, 0.3) is 5.91 Å². The molecule has 132 valence electrons. The third-order valence-corrected chi connectivity index (χ3v) is 4.13. The van der Waals surface area contributed by atoms with Crippen molar-refractivity contribution in [3.05, 3.63) is 75.5 Å². The largest absolute Gasteiger partial charge is 0.323 e. The first-order valence-electron chi connectivity index (χ1n) is 7.84. The van der Waals surface area contributed by atoms with Crippen LogP contribution in [0.15, 0.2) is 48.8 Å². The molecule has 1 heterocycles. The summed E-state index contributed by atoms with van der Waals surface area (Å²) in [5, 5.41) is 6.86. The molecule has 0 aliphatic heterocycles. The smallest absolute Gasteiger partial charge is 0.258 e. The Labute approximate surface area is 161 Å². The van der Waals surface area contributed by atoms with E-state index in [9.17, 15) is 4.79 Å². The highest BCUT2D eigenvalue weighted by molar-refractivity contribution is 6.35. The summed E-state index contributed by atoms with van der Waals surface area (Å²) in [5.41, 5.74) is 3.84. The Kier molecular flexibility index (Phi) is 5.40. The minimum atomic E-state index is -0.276. The second kappa shape index (κ2) is 7.72. The Morgan fingerprint density at radius 1 is 0.962 bits per heavy atom. The fourth-order valence-electron chi connectivity index (χ4n) is 2.47. The summed E-state index contributed by atoms with van der Waals surface area (Å²) in [4.78, 5) is 20.7. The molecule has 0 saturated carbocycles. The second-order valence-electron chi connectivity index (χ2n) is 5.88. The highest BCUT2D eigenvalue weighted by atomic mass is 35.5. The van der Waals surface area contributed by atoms with Gasteiger partial charge in [-0.25, -0.2) is 9.97 Å². The van der Waals surface area contributed by atoms with Crippen LogP contribution in [0.5, 0.6) is 0 Å². The topological polar surface area (TPSA) is 66.9 Å². The highest BCUT2D eigenvalue weighted by Crippen LogP contribution is 2.27. The molecule has 0 aliphatic rings. The van der Waals surface area contributed by atoms with Crippen molar-refractivity contribution in [2.45, 2.75) is 13.8 Å². The van der Waals surface area contributed by atoms with Gasteiger partial charge in [-0.1, -0.05) is 29.3 Å². The Bertz CT molecular complexity index is 938. The van der Waals surface area contributed by atoms with Crippen LogP contribution in [0.25, 0.3) is 0 Å². The van der Waals surface area contributed by atoms with Crippen molar-refractivity contribution in [3.63, 3.8) is 0 Å². The number of carbonyl (C=O) groups excluding carboxylic acids is 1. The van der Waals surface area contributed by atoms with E-state index in [4.69, 9.17) is 23.2 Å². The number of halogens is 2. The summed E-state index contributed by atoms with van der Waals surface area (Å²) in [7, 11) is 0. The number of benzene rings is 2. The number of hydrogen-bond donors (Lipinski definition) is 2. The van der Waals surface area contributed by atoms with Gasteiger partial charge in [-0.2, -0.15) is 0 Å². The van der Waals surface area contributed by atoms with Gasteiger partial charge in [0.1, 0.15) is 0 Å². The molecule has 26 heavy (non-hydrogen) atoms. The molecule has 0 bridgehead atoms. The average molecular weight is 387 g/mol. The number of anilines is 3. The number of nitrogens with zero attached hydrogens (tertiary/aromatic N) is 2. The second-order valence-corrected chi connectivity index (χ2v) is 6.72. The lowest BCUT2D eigenvalue weighted by Crippen LogP contribution is -2.13. The third-order valence-electron chi connectivity index (χ3n) is 3.57. The Morgan fingerprint density at radius 3 is 2.27 bits per heavy atom. The molecule has 0 fully saturated rings.